The summed E-state index contributed by atoms with van der Waals surface area (Å²) in [5.41, 5.74) is 7.35. The number of aromatic nitrogens is 1. The van der Waals surface area contributed by atoms with Crippen LogP contribution in [-0.2, 0) is 11.3 Å². The van der Waals surface area contributed by atoms with Gasteiger partial charge in [0.1, 0.15) is 0 Å². The van der Waals surface area contributed by atoms with Gasteiger partial charge in [-0.2, -0.15) is 0 Å². The standard InChI is InChI=1S/C14H23N3O/c1-4-7-16-8-5-6-12(16)14-11(15)9-13(18)17(14)10(2)3/h5-6,8,10-11,14H,4,7,9,15H2,1-3H3/t11-,14-/m0/s1. The van der Waals surface area contributed by atoms with Crippen molar-refractivity contribution < 1.29 is 4.79 Å². The van der Waals surface area contributed by atoms with Crippen molar-refractivity contribution in [3.05, 3.63) is 24.0 Å². The summed E-state index contributed by atoms with van der Waals surface area (Å²) in [6.07, 6.45) is 3.62. The number of aryl methyl sites for hydroxylation is 1. The Morgan fingerprint density at radius 1 is 1.50 bits per heavy atom. The Morgan fingerprint density at radius 2 is 2.22 bits per heavy atom. The van der Waals surface area contributed by atoms with Crippen molar-refractivity contribution in [2.45, 2.75) is 58.3 Å². The van der Waals surface area contributed by atoms with Crippen molar-refractivity contribution in [2.24, 2.45) is 5.73 Å². The zero-order chi connectivity index (χ0) is 13.3. The summed E-state index contributed by atoms with van der Waals surface area (Å²) in [5, 5.41) is 0. The highest BCUT2D eigenvalue weighted by Gasteiger charge is 2.41. The second-order valence-corrected chi connectivity index (χ2v) is 5.33. The molecule has 0 bridgehead atoms. The van der Waals surface area contributed by atoms with Crippen LogP contribution in [-0.4, -0.2) is 27.5 Å². The number of carbonyl (C=O) groups is 1. The third kappa shape index (κ3) is 2.17. The van der Waals surface area contributed by atoms with E-state index in [0.29, 0.717) is 6.42 Å². The minimum absolute atomic E-state index is 0.0269. The summed E-state index contributed by atoms with van der Waals surface area (Å²) in [7, 11) is 0. The van der Waals surface area contributed by atoms with Gasteiger partial charge in [-0.25, -0.2) is 0 Å². The van der Waals surface area contributed by atoms with Gasteiger partial charge in [-0.15, -0.1) is 0 Å². The largest absolute Gasteiger partial charge is 0.350 e. The van der Waals surface area contributed by atoms with Gasteiger partial charge in [0.25, 0.3) is 0 Å². The zero-order valence-corrected chi connectivity index (χ0v) is 11.5. The quantitative estimate of drug-likeness (QED) is 0.886. The number of hydrogen-bond acceptors (Lipinski definition) is 2. The van der Waals surface area contributed by atoms with Crippen LogP contribution in [0.15, 0.2) is 18.3 Å². The molecule has 18 heavy (non-hydrogen) atoms. The van der Waals surface area contributed by atoms with Crippen molar-refractivity contribution in [1.29, 1.82) is 0 Å². The molecule has 0 spiro atoms. The van der Waals surface area contributed by atoms with E-state index in [1.807, 2.05) is 11.0 Å². The van der Waals surface area contributed by atoms with Crippen LogP contribution in [0.2, 0.25) is 0 Å². The van der Waals surface area contributed by atoms with Crippen LogP contribution in [0.1, 0.15) is 45.3 Å². The summed E-state index contributed by atoms with van der Waals surface area (Å²) in [6, 6.07) is 4.26. The molecule has 100 valence electrons. The molecule has 2 atom stereocenters. The first kappa shape index (κ1) is 13.1. The molecule has 1 aromatic heterocycles. The normalized spacial score (nSPS) is 24.3. The van der Waals surface area contributed by atoms with Crippen molar-refractivity contribution in [3.63, 3.8) is 0 Å². The lowest BCUT2D eigenvalue weighted by molar-refractivity contribution is -0.130. The highest BCUT2D eigenvalue weighted by Crippen LogP contribution is 2.34. The molecular weight excluding hydrogens is 226 g/mol. The van der Waals surface area contributed by atoms with Crippen LogP contribution in [0, 0.1) is 0 Å². The van der Waals surface area contributed by atoms with Crippen LogP contribution in [0.5, 0.6) is 0 Å². The Balaban J connectivity index is 2.34. The maximum Gasteiger partial charge on any atom is 0.225 e. The fourth-order valence-corrected chi connectivity index (χ4v) is 2.89. The van der Waals surface area contributed by atoms with Gasteiger partial charge in [-0.05, 0) is 32.4 Å². The molecule has 1 fully saturated rings. The number of likely N-dealkylation sites (tertiary alicyclic amines) is 1. The van der Waals surface area contributed by atoms with E-state index < -0.39 is 0 Å². The second kappa shape index (κ2) is 5.14. The maximum atomic E-state index is 12.0. The second-order valence-electron chi connectivity index (χ2n) is 5.33. The van der Waals surface area contributed by atoms with Crippen LogP contribution in [0.25, 0.3) is 0 Å². The Morgan fingerprint density at radius 3 is 2.83 bits per heavy atom. The Bertz CT molecular complexity index is 424. The number of amides is 1. The van der Waals surface area contributed by atoms with Gasteiger partial charge in [-0.3, -0.25) is 4.79 Å². The van der Waals surface area contributed by atoms with Gasteiger partial charge in [0.05, 0.1) is 6.04 Å². The van der Waals surface area contributed by atoms with Crippen molar-refractivity contribution >= 4 is 5.91 Å². The molecule has 1 aliphatic rings. The van der Waals surface area contributed by atoms with Crippen molar-refractivity contribution in [2.75, 3.05) is 0 Å². The molecule has 0 unspecified atom stereocenters. The van der Waals surface area contributed by atoms with Crippen LogP contribution < -0.4 is 5.73 Å². The molecule has 2 heterocycles. The predicted octanol–water partition coefficient (Wildman–Crippen LogP) is 1.91. The SMILES string of the molecule is CCCn1cccc1[C@@H]1[C@@H](N)CC(=O)N1C(C)C. The molecule has 0 radical (unpaired) electrons. The number of rotatable bonds is 4. The Kier molecular flexibility index (Phi) is 3.76. The molecule has 1 saturated heterocycles. The van der Waals surface area contributed by atoms with E-state index in [4.69, 9.17) is 5.73 Å². The minimum atomic E-state index is -0.0922. The highest BCUT2D eigenvalue weighted by molar-refractivity contribution is 5.80. The predicted molar refractivity (Wildman–Crippen MR) is 72.0 cm³/mol. The molecule has 0 aromatic carbocycles. The summed E-state index contributed by atoms with van der Waals surface area (Å²) >= 11 is 0. The van der Waals surface area contributed by atoms with Gasteiger partial charge < -0.3 is 15.2 Å². The average Bonchev–Trinajstić information content (AvgIpc) is 2.83. The molecule has 4 nitrogen and oxygen atoms in total. The summed E-state index contributed by atoms with van der Waals surface area (Å²) in [5.74, 6) is 0.173. The van der Waals surface area contributed by atoms with Crippen LogP contribution in [0.4, 0.5) is 0 Å². The molecule has 2 N–H and O–H groups in total. The van der Waals surface area contributed by atoms with Crippen molar-refractivity contribution in [1.82, 2.24) is 9.47 Å². The topological polar surface area (TPSA) is 51.3 Å². The van der Waals surface area contributed by atoms with E-state index >= 15 is 0 Å². The molecule has 1 amide bonds. The first-order valence-corrected chi connectivity index (χ1v) is 6.78. The third-order valence-corrected chi connectivity index (χ3v) is 3.59. The monoisotopic (exact) mass is 249 g/mol. The van der Waals surface area contributed by atoms with Crippen LogP contribution in [0.3, 0.4) is 0 Å². The first-order chi connectivity index (χ1) is 8.56. The molecule has 0 aliphatic carbocycles. The lowest BCUT2D eigenvalue weighted by Gasteiger charge is -2.31. The number of hydrogen-bond donors (Lipinski definition) is 1. The smallest absolute Gasteiger partial charge is 0.225 e. The van der Waals surface area contributed by atoms with Gasteiger partial charge in [0, 0.05) is 36.9 Å². The number of nitrogens with zero attached hydrogens (tertiary/aromatic N) is 2. The Hall–Kier alpha value is -1.29. The third-order valence-electron chi connectivity index (χ3n) is 3.59. The molecule has 1 aromatic rings. The molecule has 4 heteroatoms. The maximum absolute atomic E-state index is 12.0. The van der Waals surface area contributed by atoms with E-state index in [0.717, 1.165) is 13.0 Å². The fraction of sp³-hybridized carbons (Fsp3) is 0.643. The lowest BCUT2D eigenvalue weighted by atomic mass is 10.1. The number of nitrogens with two attached hydrogens (primary N) is 1. The molecular formula is C14H23N3O. The highest BCUT2D eigenvalue weighted by atomic mass is 16.2. The van der Waals surface area contributed by atoms with E-state index in [-0.39, 0.29) is 24.0 Å². The van der Waals surface area contributed by atoms with Gasteiger partial charge >= 0.3 is 0 Å². The summed E-state index contributed by atoms with van der Waals surface area (Å²) < 4.78 is 2.22. The van der Waals surface area contributed by atoms with E-state index in [2.05, 4.69) is 37.6 Å². The van der Waals surface area contributed by atoms with Gasteiger partial charge in [-0.1, -0.05) is 6.92 Å². The summed E-state index contributed by atoms with van der Waals surface area (Å²) in [6.45, 7) is 7.24. The van der Waals surface area contributed by atoms with E-state index in [9.17, 15) is 4.79 Å². The van der Waals surface area contributed by atoms with Gasteiger partial charge in [0.2, 0.25) is 5.91 Å². The molecule has 0 saturated carbocycles. The van der Waals surface area contributed by atoms with Gasteiger partial charge in [0.15, 0.2) is 0 Å². The van der Waals surface area contributed by atoms with E-state index in [1.54, 1.807) is 0 Å². The molecule has 1 aliphatic heterocycles. The first-order valence-electron chi connectivity index (χ1n) is 6.78. The van der Waals surface area contributed by atoms with Crippen molar-refractivity contribution in [3.8, 4) is 0 Å². The summed E-state index contributed by atoms with van der Waals surface area (Å²) in [4.78, 5) is 14.0. The zero-order valence-electron chi connectivity index (χ0n) is 11.5. The molecule has 2 rings (SSSR count). The van der Waals surface area contributed by atoms with E-state index in [1.165, 1.54) is 5.69 Å². The Labute approximate surface area is 109 Å². The lowest BCUT2D eigenvalue weighted by Crippen LogP contribution is -2.38. The fourth-order valence-electron chi connectivity index (χ4n) is 2.89. The number of carbonyl (C=O) groups excluding carboxylic acids is 1. The minimum Gasteiger partial charge on any atom is -0.350 e. The van der Waals surface area contributed by atoms with Crippen LogP contribution >= 0.6 is 0 Å². The average molecular weight is 249 g/mol.